The highest BCUT2D eigenvalue weighted by Gasteiger charge is 2.20. The molecule has 2 heterocycles. The molecule has 2 aromatic rings. The lowest BCUT2D eigenvalue weighted by Crippen LogP contribution is -2.16. The van der Waals surface area contributed by atoms with Gasteiger partial charge < -0.3 is 5.32 Å². The molecule has 0 saturated heterocycles. The summed E-state index contributed by atoms with van der Waals surface area (Å²) in [5.74, 6) is 0. The van der Waals surface area contributed by atoms with Gasteiger partial charge in [-0.3, -0.25) is 4.40 Å². The normalized spacial score (nSPS) is 16.1. The molecule has 3 rings (SSSR count). The summed E-state index contributed by atoms with van der Waals surface area (Å²) in [6, 6.07) is 6.48. The van der Waals surface area contributed by atoms with Crippen LogP contribution in [0.2, 0.25) is 5.15 Å². The third-order valence-electron chi connectivity index (χ3n) is 2.70. The lowest BCUT2D eigenvalue weighted by atomic mass is 10.4. The fourth-order valence-corrected chi connectivity index (χ4v) is 1.98. The van der Waals surface area contributed by atoms with Gasteiger partial charge in [-0.1, -0.05) is 17.7 Å². The first-order valence-corrected chi connectivity index (χ1v) is 5.56. The highest BCUT2D eigenvalue weighted by atomic mass is 35.5. The lowest BCUT2D eigenvalue weighted by Gasteiger charge is -2.04. The zero-order chi connectivity index (χ0) is 10.3. The lowest BCUT2D eigenvalue weighted by molar-refractivity contribution is 0.670. The second kappa shape index (κ2) is 3.51. The van der Waals surface area contributed by atoms with Gasteiger partial charge in [0.2, 0.25) is 0 Å². The second-order valence-electron chi connectivity index (χ2n) is 3.95. The van der Waals surface area contributed by atoms with Crippen LogP contribution in [0.25, 0.3) is 5.65 Å². The summed E-state index contributed by atoms with van der Waals surface area (Å²) in [6.07, 6.45) is 4.48. The number of fused-ring (bicyclic) bond motifs is 1. The minimum Gasteiger partial charge on any atom is -0.308 e. The first-order valence-electron chi connectivity index (χ1n) is 5.19. The van der Waals surface area contributed by atoms with E-state index in [2.05, 4.69) is 10.3 Å². The third-order valence-corrected chi connectivity index (χ3v) is 3.00. The molecule has 0 spiro atoms. The van der Waals surface area contributed by atoms with Crippen molar-refractivity contribution in [2.45, 2.75) is 25.4 Å². The zero-order valence-electron chi connectivity index (χ0n) is 8.28. The number of aromatic nitrogens is 2. The van der Waals surface area contributed by atoms with Gasteiger partial charge in [-0.25, -0.2) is 4.98 Å². The Labute approximate surface area is 93.1 Å². The summed E-state index contributed by atoms with van der Waals surface area (Å²) in [7, 11) is 0. The molecule has 78 valence electrons. The highest BCUT2D eigenvalue weighted by Crippen LogP contribution is 2.20. The number of hydrogen-bond acceptors (Lipinski definition) is 2. The Bertz CT molecular complexity index is 488. The number of hydrogen-bond donors (Lipinski definition) is 1. The molecule has 1 N–H and O–H groups in total. The van der Waals surface area contributed by atoms with Crippen LogP contribution in [0.1, 0.15) is 18.5 Å². The number of rotatable bonds is 3. The fourth-order valence-electron chi connectivity index (χ4n) is 1.72. The van der Waals surface area contributed by atoms with Crippen molar-refractivity contribution in [1.29, 1.82) is 0 Å². The summed E-state index contributed by atoms with van der Waals surface area (Å²) in [5.41, 5.74) is 2.04. The van der Waals surface area contributed by atoms with Crippen LogP contribution in [0.3, 0.4) is 0 Å². The maximum Gasteiger partial charge on any atom is 0.138 e. The molecule has 3 nitrogen and oxygen atoms in total. The first kappa shape index (κ1) is 9.19. The van der Waals surface area contributed by atoms with Crippen molar-refractivity contribution in [2.75, 3.05) is 0 Å². The molecule has 0 aromatic carbocycles. The number of pyridine rings is 1. The van der Waals surface area contributed by atoms with Crippen molar-refractivity contribution in [3.63, 3.8) is 0 Å². The number of imidazole rings is 1. The minimum atomic E-state index is 0.707. The van der Waals surface area contributed by atoms with Crippen LogP contribution in [0.15, 0.2) is 24.4 Å². The maximum absolute atomic E-state index is 6.13. The van der Waals surface area contributed by atoms with E-state index in [4.69, 9.17) is 11.6 Å². The molecule has 2 aromatic heterocycles. The van der Waals surface area contributed by atoms with Crippen molar-refractivity contribution >= 4 is 17.2 Å². The predicted molar refractivity (Wildman–Crippen MR) is 60.1 cm³/mol. The van der Waals surface area contributed by atoms with Gasteiger partial charge in [-0.05, 0) is 25.0 Å². The predicted octanol–water partition coefficient (Wildman–Crippen LogP) is 2.24. The van der Waals surface area contributed by atoms with Gasteiger partial charge in [0.15, 0.2) is 0 Å². The summed E-state index contributed by atoms with van der Waals surface area (Å²) < 4.78 is 1.98. The Balaban J connectivity index is 1.94. The van der Waals surface area contributed by atoms with E-state index in [9.17, 15) is 0 Å². The molecule has 1 aliphatic rings. The number of halogens is 1. The van der Waals surface area contributed by atoms with Crippen molar-refractivity contribution in [2.24, 2.45) is 0 Å². The minimum absolute atomic E-state index is 0.707. The van der Waals surface area contributed by atoms with Gasteiger partial charge in [-0.2, -0.15) is 0 Å². The number of nitrogens with zero attached hydrogens (tertiary/aromatic N) is 2. The molecular weight excluding hydrogens is 210 g/mol. The van der Waals surface area contributed by atoms with E-state index >= 15 is 0 Å². The quantitative estimate of drug-likeness (QED) is 0.806. The van der Waals surface area contributed by atoms with Gasteiger partial charge >= 0.3 is 0 Å². The molecule has 1 aliphatic carbocycles. The van der Waals surface area contributed by atoms with E-state index in [1.54, 1.807) is 0 Å². The van der Waals surface area contributed by atoms with Crippen LogP contribution in [0, 0.1) is 0 Å². The van der Waals surface area contributed by atoms with Gasteiger partial charge in [0.05, 0.1) is 11.9 Å². The van der Waals surface area contributed by atoms with Crippen LogP contribution in [0.5, 0.6) is 0 Å². The molecule has 0 aliphatic heterocycles. The fraction of sp³-hybridized carbons (Fsp3) is 0.364. The Hall–Kier alpha value is -1.06. The Morgan fingerprint density at radius 1 is 1.47 bits per heavy atom. The average molecular weight is 222 g/mol. The SMILES string of the molecule is Clc1cccc2ncc(CNC3CC3)n12. The average Bonchev–Trinajstić information content (AvgIpc) is 2.96. The van der Waals surface area contributed by atoms with E-state index in [1.807, 2.05) is 28.8 Å². The molecule has 1 saturated carbocycles. The highest BCUT2D eigenvalue weighted by molar-refractivity contribution is 6.29. The molecule has 0 atom stereocenters. The summed E-state index contributed by atoms with van der Waals surface area (Å²) >= 11 is 6.13. The standard InChI is InChI=1S/C11H12ClN3/c12-10-2-1-3-11-14-7-9(15(10)11)6-13-8-4-5-8/h1-3,7-8,13H,4-6H2. The molecule has 0 amide bonds. The smallest absolute Gasteiger partial charge is 0.138 e. The van der Waals surface area contributed by atoms with Gasteiger partial charge in [0.1, 0.15) is 10.8 Å². The topological polar surface area (TPSA) is 29.3 Å². The van der Waals surface area contributed by atoms with E-state index in [0.29, 0.717) is 6.04 Å². The summed E-state index contributed by atoms with van der Waals surface area (Å²) in [5, 5.41) is 4.18. The maximum atomic E-state index is 6.13. The first-order chi connectivity index (χ1) is 7.34. The van der Waals surface area contributed by atoms with Gasteiger partial charge in [-0.15, -0.1) is 0 Å². The van der Waals surface area contributed by atoms with Crippen molar-refractivity contribution in [3.05, 3.63) is 35.2 Å². The van der Waals surface area contributed by atoms with Crippen molar-refractivity contribution < 1.29 is 0 Å². The van der Waals surface area contributed by atoms with Gasteiger partial charge in [0.25, 0.3) is 0 Å². The molecular formula is C11H12ClN3. The van der Waals surface area contributed by atoms with Crippen LogP contribution in [-0.4, -0.2) is 15.4 Å². The third kappa shape index (κ3) is 1.73. The second-order valence-corrected chi connectivity index (χ2v) is 4.33. The van der Waals surface area contributed by atoms with Crippen molar-refractivity contribution in [3.8, 4) is 0 Å². The van der Waals surface area contributed by atoms with Crippen LogP contribution in [-0.2, 0) is 6.54 Å². The Kier molecular flexibility index (Phi) is 2.15. The summed E-state index contributed by atoms with van der Waals surface area (Å²) in [4.78, 5) is 4.32. The molecule has 0 bridgehead atoms. The van der Waals surface area contributed by atoms with E-state index in [0.717, 1.165) is 23.0 Å². The molecule has 1 fully saturated rings. The largest absolute Gasteiger partial charge is 0.308 e. The molecule has 0 unspecified atom stereocenters. The summed E-state index contributed by atoms with van der Waals surface area (Å²) in [6.45, 7) is 0.843. The van der Waals surface area contributed by atoms with Crippen molar-refractivity contribution in [1.82, 2.24) is 14.7 Å². The Morgan fingerprint density at radius 2 is 2.33 bits per heavy atom. The van der Waals surface area contributed by atoms with E-state index in [-0.39, 0.29) is 0 Å². The van der Waals surface area contributed by atoms with Crippen LogP contribution >= 0.6 is 11.6 Å². The van der Waals surface area contributed by atoms with E-state index < -0.39 is 0 Å². The monoisotopic (exact) mass is 221 g/mol. The van der Waals surface area contributed by atoms with Crippen LogP contribution < -0.4 is 5.32 Å². The zero-order valence-corrected chi connectivity index (χ0v) is 9.04. The number of nitrogens with one attached hydrogen (secondary N) is 1. The van der Waals surface area contributed by atoms with Crippen LogP contribution in [0.4, 0.5) is 0 Å². The molecule has 0 radical (unpaired) electrons. The molecule has 15 heavy (non-hydrogen) atoms. The van der Waals surface area contributed by atoms with E-state index in [1.165, 1.54) is 12.8 Å². The molecule has 4 heteroatoms. The Morgan fingerprint density at radius 3 is 3.13 bits per heavy atom. The van der Waals surface area contributed by atoms with Gasteiger partial charge in [0, 0.05) is 12.6 Å².